The first-order chi connectivity index (χ1) is 12.8. The summed E-state index contributed by atoms with van der Waals surface area (Å²) in [6.07, 6.45) is 1.26. The molecule has 0 aliphatic rings. The van der Waals surface area contributed by atoms with E-state index in [9.17, 15) is 24.5 Å². The number of anilines is 1. The maximum atomic E-state index is 12.6. The Morgan fingerprint density at radius 2 is 1.81 bits per heavy atom. The van der Waals surface area contributed by atoms with E-state index >= 15 is 0 Å². The first-order valence-corrected chi connectivity index (χ1v) is 7.79. The highest BCUT2D eigenvalue weighted by molar-refractivity contribution is 6.26. The van der Waals surface area contributed by atoms with Gasteiger partial charge in [0.1, 0.15) is 0 Å². The molecule has 0 bridgehead atoms. The summed E-state index contributed by atoms with van der Waals surface area (Å²) in [6.45, 7) is 1.20. The average molecular weight is 368 g/mol. The Morgan fingerprint density at radius 3 is 2.44 bits per heavy atom. The Labute approximate surface area is 154 Å². The van der Waals surface area contributed by atoms with Crippen molar-refractivity contribution in [1.29, 1.82) is 0 Å². The minimum Gasteiger partial charge on any atom is -0.465 e. The van der Waals surface area contributed by atoms with Crippen molar-refractivity contribution in [2.75, 3.05) is 12.4 Å². The van der Waals surface area contributed by atoms with E-state index in [-0.39, 0.29) is 22.5 Å². The van der Waals surface area contributed by atoms with Crippen LogP contribution in [0.5, 0.6) is 0 Å². The van der Waals surface area contributed by atoms with Gasteiger partial charge in [-0.1, -0.05) is 24.3 Å². The molecule has 2 aromatic rings. The average Bonchev–Trinajstić information content (AvgIpc) is 2.65. The molecule has 2 rings (SSSR count). The molecular formula is C19H16N2O6. The number of nitro benzene ring substituents is 1. The van der Waals surface area contributed by atoms with Crippen LogP contribution >= 0.6 is 0 Å². The van der Waals surface area contributed by atoms with Gasteiger partial charge in [0.2, 0.25) is 0 Å². The fraction of sp³-hybridized carbons (Fsp3) is 0.105. The molecule has 0 spiro atoms. The van der Waals surface area contributed by atoms with Crippen LogP contribution in [0.15, 0.2) is 54.1 Å². The summed E-state index contributed by atoms with van der Waals surface area (Å²) in [4.78, 5) is 46.6. The van der Waals surface area contributed by atoms with Crippen molar-refractivity contribution in [3.63, 3.8) is 0 Å². The second-order valence-corrected chi connectivity index (χ2v) is 5.46. The van der Waals surface area contributed by atoms with E-state index in [1.807, 2.05) is 0 Å². The van der Waals surface area contributed by atoms with Gasteiger partial charge in [-0.15, -0.1) is 0 Å². The molecule has 8 nitrogen and oxygen atoms in total. The summed E-state index contributed by atoms with van der Waals surface area (Å²) in [7, 11) is 1.21. The zero-order valence-electron chi connectivity index (χ0n) is 14.6. The molecule has 0 aliphatic carbocycles. The number of rotatable bonds is 6. The van der Waals surface area contributed by atoms with Gasteiger partial charge in [0.15, 0.2) is 5.78 Å². The molecule has 0 aliphatic heterocycles. The summed E-state index contributed by atoms with van der Waals surface area (Å²) in [5.41, 5.74) is 0.260. The second-order valence-electron chi connectivity index (χ2n) is 5.46. The monoisotopic (exact) mass is 368 g/mol. The lowest BCUT2D eigenvalue weighted by atomic mass is 10.1. The Kier molecular flexibility index (Phi) is 6.16. The minimum absolute atomic E-state index is 0.131. The largest absolute Gasteiger partial charge is 0.465 e. The lowest BCUT2D eigenvalue weighted by Crippen LogP contribution is -2.20. The zero-order chi connectivity index (χ0) is 20.0. The number of hydrogen-bond donors (Lipinski definition) is 1. The van der Waals surface area contributed by atoms with Gasteiger partial charge in [-0.3, -0.25) is 19.7 Å². The second kappa shape index (κ2) is 8.52. The minimum atomic E-state index is -0.745. The van der Waals surface area contributed by atoms with E-state index in [0.29, 0.717) is 5.56 Å². The normalized spacial score (nSPS) is 10.8. The molecule has 2 aromatic carbocycles. The SMILES string of the molecule is COC(=O)c1ccccc1NC(=O)C(=Cc1cccc([N+](=O)[O-])c1)C(C)=O. The van der Waals surface area contributed by atoms with Crippen molar-refractivity contribution in [1.82, 2.24) is 0 Å². The third-order valence-corrected chi connectivity index (χ3v) is 3.60. The van der Waals surface area contributed by atoms with E-state index in [1.54, 1.807) is 12.1 Å². The van der Waals surface area contributed by atoms with E-state index in [1.165, 1.54) is 56.5 Å². The molecule has 0 atom stereocenters. The lowest BCUT2D eigenvalue weighted by molar-refractivity contribution is -0.384. The number of carbonyl (C=O) groups excluding carboxylic acids is 3. The number of carbonyl (C=O) groups is 3. The Bertz CT molecular complexity index is 949. The number of nitrogens with one attached hydrogen (secondary N) is 1. The van der Waals surface area contributed by atoms with E-state index in [4.69, 9.17) is 0 Å². The molecule has 0 unspecified atom stereocenters. The molecular weight excluding hydrogens is 352 g/mol. The number of amides is 1. The number of hydrogen-bond acceptors (Lipinski definition) is 6. The third kappa shape index (κ3) is 4.85. The van der Waals surface area contributed by atoms with Gasteiger partial charge in [0, 0.05) is 12.1 Å². The lowest BCUT2D eigenvalue weighted by Gasteiger charge is -2.10. The predicted molar refractivity (Wildman–Crippen MR) is 98.2 cm³/mol. The number of benzene rings is 2. The number of methoxy groups -OCH3 is 1. The summed E-state index contributed by atoms with van der Waals surface area (Å²) < 4.78 is 4.66. The maximum absolute atomic E-state index is 12.6. The van der Waals surface area contributed by atoms with Crippen LogP contribution in [0.3, 0.4) is 0 Å². The summed E-state index contributed by atoms with van der Waals surface area (Å²) in [5, 5.41) is 13.4. The highest BCUT2D eigenvalue weighted by atomic mass is 16.6. The number of para-hydroxylation sites is 1. The van der Waals surface area contributed by atoms with Crippen LogP contribution in [0.25, 0.3) is 6.08 Å². The Hall–Kier alpha value is -3.81. The first-order valence-electron chi connectivity index (χ1n) is 7.79. The molecule has 0 saturated carbocycles. The van der Waals surface area contributed by atoms with Gasteiger partial charge in [-0.2, -0.15) is 0 Å². The number of non-ortho nitro benzene ring substituents is 1. The van der Waals surface area contributed by atoms with Crippen LogP contribution in [0.4, 0.5) is 11.4 Å². The maximum Gasteiger partial charge on any atom is 0.339 e. The molecule has 0 fully saturated rings. The molecule has 0 radical (unpaired) electrons. The van der Waals surface area contributed by atoms with Crippen molar-refractivity contribution in [3.05, 3.63) is 75.3 Å². The molecule has 1 N–H and O–H groups in total. The van der Waals surface area contributed by atoms with Gasteiger partial charge in [0.05, 0.1) is 28.9 Å². The number of esters is 1. The molecule has 8 heteroatoms. The van der Waals surface area contributed by atoms with Crippen molar-refractivity contribution in [2.45, 2.75) is 6.92 Å². The quantitative estimate of drug-likeness (QED) is 0.209. The van der Waals surface area contributed by atoms with Crippen molar-refractivity contribution in [2.24, 2.45) is 0 Å². The van der Waals surface area contributed by atoms with Crippen molar-refractivity contribution < 1.29 is 24.0 Å². The van der Waals surface area contributed by atoms with Crippen molar-refractivity contribution in [3.8, 4) is 0 Å². The van der Waals surface area contributed by atoms with Crippen LogP contribution < -0.4 is 5.32 Å². The van der Waals surface area contributed by atoms with Crippen LogP contribution in [-0.2, 0) is 14.3 Å². The topological polar surface area (TPSA) is 116 Å². The number of ketones is 1. The molecule has 1 amide bonds. The fourth-order valence-corrected chi connectivity index (χ4v) is 2.29. The summed E-state index contributed by atoms with van der Waals surface area (Å²) in [6, 6.07) is 11.7. The van der Waals surface area contributed by atoms with Gasteiger partial charge >= 0.3 is 5.97 Å². The van der Waals surface area contributed by atoms with Crippen LogP contribution in [-0.4, -0.2) is 29.7 Å². The molecule has 0 heterocycles. The summed E-state index contributed by atoms with van der Waals surface area (Å²) in [5.74, 6) is -1.92. The number of Topliss-reactive ketones (excluding diaryl/α,β-unsaturated/α-hetero) is 1. The zero-order valence-corrected chi connectivity index (χ0v) is 14.6. The first kappa shape index (κ1) is 19.5. The van der Waals surface area contributed by atoms with E-state index < -0.39 is 22.6 Å². The van der Waals surface area contributed by atoms with Crippen LogP contribution in [0.2, 0.25) is 0 Å². The Balaban J connectivity index is 2.37. The number of nitro groups is 1. The van der Waals surface area contributed by atoms with E-state index in [2.05, 4.69) is 10.1 Å². The highest BCUT2D eigenvalue weighted by Gasteiger charge is 2.19. The third-order valence-electron chi connectivity index (χ3n) is 3.60. The van der Waals surface area contributed by atoms with Crippen molar-refractivity contribution >= 4 is 35.1 Å². The molecule has 138 valence electrons. The Morgan fingerprint density at radius 1 is 1.11 bits per heavy atom. The van der Waals surface area contributed by atoms with Gasteiger partial charge in [0.25, 0.3) is 11.6 Å². The molecule has 27 heavy (non-hydrogen) atoms. The number of ether oxygens (including phenoxy) is 1. The van der Waals surface area contributed by atoms with E-state index in [0.717, 1.165) is 0 Å². The van der Waals surface area contributed by atoms with Gasteiger partial charge < -0.3 is 10.1 Å². The molecule has 0 aromatic heterocycles. The van der Waals surface area contributed by atoms with Crippen LogP contribution in [0, 0.1) is 10.1 Å². The van der Waals surface area contributed by atoms with Gasteiger partial charge in [-0.05, 0) is 30.7 Å². The fourth-order valence-electron chi connectivity index (χ4n) is 2.29. The standard InChI is InChI=1S/C19H16N2O6/c1-12(22)16(11-13-6-5-7-14(10-13)21(25)26)18(23)20-17-9-4-3-8-15(17)19(24)27-2/h3-11H,1-2H3,(H,20,23). The van der Waals surface area contributed by atoms with Crippen LogP contribution in [0.1, 0.15) is 22.8 Å². The smallest absolute Gasteiger partial charge is 0.339 e. The van der Waals surface area contributed by atoms with Gasteiger partial charge in [-0.25, -0.2) is 4.79 Å². The number of nitrogens with zero attached hydrogens (tertiary/aromatic N) is 1. The predicted octanol–water partition coefficient (Wildman–Crippen LogP) is 2.99. The summed E-state index contributed by atoms with van der Waals surface area (Å²) >= 11 is 0. The highest BCUT2D eigenvalue weighted by Crippen LogP contribution is 2.19. The molecule has 0 saturated heterocycles.